The van der Waals surface area contributed by atoms with Gasteiger partial charge in [-0.15, -0.1) is 0 Å². The van der Waals surface area contributed by atoms with Crippen molar-refractivity contribution in [2.45, 2.75) is 25.8 Å². The van der Waals surface area contributed by atoms with E-state index in [9.17, 15) is 22.2 Å². The fraction of sp³-hybridized carbons (Fsp3) is 0.360. The molecule has 1 saturated heterocycles. The lowest BCUT2D eigenvalue weighted by Gasteiger charge is -2.36. The van der Waals surface area contributed by atoms with Crippen molar-refractivity contribution in [3.63, 3.8) is 0 Å². The molecule has 2 aromatic carbocycles. The Kier molecular flexibility index (Phi) is 7.30. The standard InChI is InChI=1S/C25H26F3N3O3S/c1-17-6-8-19(9-7-17)24-29-22(18(2)34-24)15-35(33)16-23(32)31-12-10-30(11-13-31)21-5-3-4-20(14-21)25(26,27)28/h3-9,14H,10-13,15-16H2,1-2H3/t35-/m1/s1. The van der Waals surface area contributed by atoms with Crippen LogP contribution in [0.15, 0.2) is 52.9 Å². The van der Waals surface area contributed by atoms with Gasteiger partial charge in [0.05, 0.1) is 17.0 Å². The van der Waals surface area contributed by atoms with Crippen LogP contribution in [0.4, 0.5) is 18.9 Å². The quantitative estimate of drug-likeness (QED) is 0.491. The number of alkyl halides is 3. The van der Waals surface area contributed by atoms with Gasteiger partial charge in [-0.2, -0.15) is 13.2 Å². The summed E-state index contributed by atoms with van der Waals surface area (Å²) in [6, 6.07) is 12.9. The number of aromatic nitrogens is 1. The molecule has 1 aliphatic heterocycles. The van der Waals surface area contributed by atoms with Gasteiger partial charge in [-0.25, -0.2) is 4.98 Å². The number of halogens is 3. The maximum Gasteiger partial charge on any atom is 0.416 e. The van der Waals surface area contributed by atoms with Gasteiger partial charge >= 0.3 is 6.18 Å². The summed E-state index contributed by atoms with van der Waals surface area (Å²) in [6.45, 7) is 5.26. The molecule has 186 valence electrons. The van der Waals surface area contributed by atoms with Gasteiger partial charge in [0.25, 0.3) is 0 Å². The van der Waals surface area contributed by atoms with E-state index >= 15 is 0 Å². The van der Waals surface area contributed by atoms with Crippen molar-refractivity contribution in [1.29, 1.82) is 0 Å². The first-order valence-electron chi connectivity index (χ1n) is 11.2. The Balaban J connectivity index is 1.31. The highest BCUT2D eigenvalue weighted by molar-refractivity contribution is 7.84. The molecule has 0 spiro atoms. The second-order valence-electron chi connectivity index (χ2n) is 8.53. The molecule has 10 heteroatoms. The number of rotatable bonds is 6. The van der Waals surface area contributed by atoms with Crippen LogP contribution in [0.25, 0.3) is 11.5 Å². The summed E-state index contributed by atoms with van der Waals surface area (Å²) in [7, 11) is -1.47. The molecule has 1 amide bonds. The average Bonchev–Trinajstić information content (AvgIpc) is 3.19. The van der Waals surface area contributed by atoms with E-state index in [-0.39, 0.29) is 17.4 Å². The number of anilines is 1. The van der Waals surface area contributed by atoms with Crippen LogP contribution < -0.4 is 4.90 Å². The Morgan fingerprint density at radius 1 is 1.06 bits per heavy atom. The van der Waals surface area contributed by atoms with Crippen LogP contribution in [0.1, 0.15) is 22.6 Å². The lowest BCUT2D eigenvalue weighted by Crippen LogP contribution is -2.50. The molecule has 0 bridgehead atoms. The number of piperazine rings is 1. The molecular formula is C25H26F3N3O3S. The molecule has 1 fully saturated rings. The maximum atomic E-state index is 13.0. The van der Waals surface area contributed by atoms with Gasteiger partial charge in [-0.3, -0.25) is 9.00 Å². The van der Waals surface area contributed by atoms with Crippen molar-refractivity contribution in [2.24, 2.45) is 0 Å². The van der Waals surface area contributed by atoms with E-state index in [2.05, 4.69) is 4.98 Å². The van der Waals surface area contributed by atoms with E-state index in [4.69, 9.17) is 4.42 Å². The molecule has 0 saturated carbocycles. The van der Waals surface area contributed by atoms with Gasteiger partial charge in [0, 0.05) is 48.2 Å². The van der Waals surface area contributed by atoms with Gasteiger partial charge in [0.15, 0.2) is 0 Å². The zero-order valence-electron chi connectivity index (χ0n) is 19.5. The Bertz CT molecular complexity index is 1220. The molecule has 3 aromatic rings. The number of carbonyl (C=O) groups is 1. The van der Waals surface area contributed by atoms with Crippen molar-refractivity contribution in [2.75, 3.05) is 36.8 Å². The van der Waals surface area contributed by atoms with Crippen molar-refractivity contribution in [1.82, 2.24) is 9.88 Å². The monoisotopic (exact) mass is 505 g/mol. The smallest absolute Gasteiger partial charge is 0.416 e. The summed E-state index contributed by atoms with van der Waals surface area (Å²) in [5.74, 6) is 0.738. The molecule has 2 heterocycles. The highest BCUT2D eigenvalue weighted by Crippen LogP contribution is 2.32. The number of nitrogens with zero attached hydrogens (tertiary/aromatic N) is 3. The van der Waals surface area contributed by atoms with Crippen LogP contribution in [0.3, 0.4) is 0 Å². The minimum atomic E-state index is -4.40. The third-order valence-corrected chi connectivity index (χ3v) is 7.11. The van der Waals surface area contributed by atoms with Crippen molar-refractivity contribution in [3.05, 3.63) is 71.1 Å². The minimum Gasteiger partial charge on any atom is -0.441 e. The van der Waals surface area contributed by atoms with Gasteiger partial charge in [0.1, 0.15) is 11.5 Å². The molecule has 1 atom stereocenters. The molecule has 0 N–H and O–H groups in total. The molecule has 0 radical (unpaired) electrons. The third-order valence-electron chi connectivity index (χ3n) is 5.94. The molecule has 0 unspecified atom stereocenters. The Morgan fingerprint density at radius 2 is 1.74 bits per heavy atom. The Morgan fingerprint density at radius 3 is 2.40 bits per heavy atom. The normalized spacial score (nSPS) is 15.3. The predicted molar refractivity (Wildman–Crippen MR) is 128 cm³/mol. The van der Waals surface area contributed by atoms with Crippen molar-refractivity contribution in [3.8, 4) is 11.5 Å². The van der Waals surface area contributed by atoms with E-state index in [1.165, 1.54) is 6.07 Å². The second kappa shape index (κ2) is 10.2. The van der Waals surface area contributed by atoms with E-state index in [1.807, 2.05) is 36.1 Å². The zero-order valence-corrected chi connectivity index (χ0v) is 20.3. The second-order valence-corrected chi connectivity index (χ2v) is 9.99. The lowest BCUT2D eigenvalue weighted by molar-refractivity contribution is -0.137. The molecule has 35 heavy (non-hydrogen) atoms. The number of aryl methyl sites for hydroxylation is 2. The zero-order chi connectivity index (χ0) is 25.2. The topological polar surface area (TPSA) is 66.7 Å². The van der Waals surface area contributed by atoms with E-state index in [0.717, 1.165) is 23.3 Å². The largest absolute Gasteiger partial charge is 0.441 e. The molecule has 4 rings (SSSR count). The summed E-state index contributed by atoms with van der Waals surface area (Å²) in [4.78, 5) is 20.6. The Hall–Kier alpha value is -3.14. The number of benzene rings is 2. The number of amides is 1. The van der Waals surface area contributed by atoms with Crippen LogP contribution >= 0.6 is 0 Å². The summed E-state index contributed by atoms with van der Waals surface area (Å²) >= 11 is 0. The van der Waals surface area contributed by atoms with E-state index in [1.54, 1.807) is 17.9 Å². The fourth-order valence-corrected chi connectivity index (χ4v) is 5.04. The number of oxazole rings is 1. The summed E-state index contributed by atoms with van der Waals surface area (Å²) in [6.07, 6.45) is -4.40. The molecule has 1 aliphatic rings. The van der Waals surface area contributed by atoms with Crippen molar-refractivity contribution < 1.29 is 26.6 Å². The Labute approximate surface area is 204 Å². The minimum absolute atomic E-state index is 0.108. The average molecular weight is 506 g/mol. The molecular weight excluding hydrogens is 479 g/mol. The summed E-state index contributed by atoms with van der Waals surface area (Å²) in [5, 5.41) is 0. The predicted octanol–water partition coefficient (Wildman–Crippen LogP) is 4.57. The first-order chi connectivity index (χ1) is 16.6. The van der Waals surface area contributed by atoms with Crippen molar-refractivity contribution >= 4 is 22.4 Å². The number of carbonyl (C=O) groups excluding carboxylic acids is 1. The first-order valence-corrected chi connectivity index (χ1v) is 12.7. The SMILES string of the molecule is Cc1ccc(-c2nc(C[S@@](=O)CC(=O)N3CCN(c4cccc(C(F)(F)F)c4)CC3)c(C)o2)cc1. The highest BCUT2D eigenvalue weighted by Gasteiger charge is 2.31. The van der Waals surface area contributed by atoms with E-state index < -0.39 is 22.5 Å². The highest BCUT2D eigenvalue weighted by atomic mass is 32.2. The van der Waals surface area contributed by atoms with Crippen LogP contribution in [-0.4, -0.2) is 51.9 Å². The number of hydrogen-bond acceptors (Lipinski definition) is 5. The molecule has 0 aliphatic carbocycles. The van der Waals surface area contributed by atoms with Crippen LogP contribution in [0, 0.1) is 13.8 Å². The molecule has 1 aromatic heterocycles. The summed E-state index contributed by atoms with van der Waals surface area (Å²) in [5.41, 5.74) is 2.28. The van der Waals surface area contributed by atoms with Gasteiger partial charge in [0.2, 0.25) is 11.8 Å². The fourth-order valence-electron chi connectivity index (χ4n) is 3.91. The third kappa shape index (κ3) is 6.11. The summed E-state index contributed by atoms with van der Waals surface area (Å²) < 4.78 is 57.4. The number of hydrogen-bond donors (Lipinski definition) is 0. The van der Waals surface area contributed by atoms with Crippen LogP contribution in [-0.2, 0) is 27.5 Å². The van der Waals surface area contributed by atoms with Gasteiger partial charge in [-0.1, -0.05) is 23.8 Å². The van der Waals surface area contributed by atoms with E-state index in [0.29, 0.717) is 49.2 Å². The van der Waals surface area contributed by atoms with Gasteiger partial charge < -0.3 is 14.2 Å². The maximum absolute atomic E-state index is 13.0. The van der Waals surface area contributed by atoms with Crippen LogP contribution in [0.2, 0.25) is 0 Å². The lowest BCUT2D eigenvalue weighted by atomic mass is 10.1. The molecule has 6 nitrogen and oxygen atoms in total. The van der Waals surface area contributed by atoms with Gasteiger partial charge in [-0.05, 0) is 44.2 Å². The van der Waals surface area contributed by atoms with Crippen LogP contribution in [0.5, 0.6) is 0 Å². The first kappa shape index (κ1) is 25.0.